The number of aromatic amines is 1. The Labute approximate surface area is 132 Å². The van der Waals surface area contributed by atoms with Gasteiger partial charge in [-0.15, -0.1) is 0 Å². The van der Waals surface area contributed by atoms with Gasteiger partial charge in [-0.1, -0.05) is 42.5 Å². The normalized spacial score (nSPS) is 16.9. The molecule has 4 heteroatoms. The van der Waals surface area contributed by atoms with Crippen LogP contribution in [0.3, 0.4) is 0 Å². The van der Waals surface area contributed by atoms with Gasteiger partial charge in [0.2, 0.25) is 0 Å². The fourth-order valence-corrected chi connectivity index (χ4v) is 3.34. The van der Waals surface area contributed by atoms with E-state index in [2.05, 4.69) is 4.98 Å². The lowest BCUT2D eigenvalue weighted by Crippen LogP contribution is -2.28. The highest BCUT2D eigenvalue weighted by Gasteiger charge is 2.32. The lowest BCUT2D eigenvalue weighted by Gasteiger charge is -2.25. The second kappa shape index (κ2) is 5.09. The lowest BCUT2D eigenvalue weighted by atomic mass is 9.84. The van der Waals surface area contributed by atoms with Crippen molar-refractivity contribution in [3.63, 3.8) is 0 Å². The van der Waals surface area contributed by atoms with E-state index in [0.29, 0.717) is 17.0 Å². The Kier molecular flexibility index (Phi) is 3.05. The second-order valence-electron chi connectivity index (χ2n) is 5.86. The molecule has 1 aromatic heterocycles. The van der Waals surface area contributed by atoms with Gasteiger partial charge < -0.3 is 9.72 Å². The predicted molar refractivity (Wildman–Crippen MR) is 87.8 cm³/mol. The van der Waals surface area contributed by atoms with Gasteiger partial charge in [-0.25, -0.2) is 0 Å². The molecule has 0 bridgehead atoms. The molecule has 23 heavy (non-hydrogen) atoms. The predicted octanol–water partition coefficient (Wildman–Crippen LogP) is 3.28. The molecule has 4 nitrogen and oxygen atoms in total. The number of aryl methyl sites for hydroxylation is 1. The van der Waals surface area contributed by atoms with E-state index in [1.165, 1.54) is 0 Å². The molecule has 1 aliphatic rings. The molecule has 3 aromatic rings. The number of fused-ring (bicyclic) bond motifs is 2. The molecular formula is C19H15NO3. The molecule has 0 saturated carbocycles. The number of aromatic nitrogens is 1. The van der Waals surface area contributed by atoms with Crippen LogP contribution in [-0.4, -0.2) is 11.0 Å². The van der Waals surface area contributed by atoms with E-state index in [9.17, 15) is 9.59 Å². The number of carbonyl (C=O) groups is 1. The van der Waals surface area contributed by atoms with Crippen molar-refractivity contribution in [2.24, 2.45) is 0 Å². The van der Waals surface area contributed by atoms with Crippen molar-refractivity contribution in [3.05, 3.63) is 75.7 Å². The van der Waals surface area contributed by atoms with Gasteiger partial charge in [0.1, 0.15) is 5.75 Å². The summed E-state index contributed by atoms with van der Waals surface area (Å²) in [5.74, 6) is -0.220. The maximum Gasteiger partial charge on any atom is 0.312 e. The van der Waals surface area contributed by atoms with Gasteiger partial charge in [0.25, 0.3) is 5.56 Å². The van der Waals surface area contributed by atoms with Crippen LogP contribution in [0.25, 0.3) is 10.8 Å². The van der Waals surface area contributed by atoms with Crippen molar-refractivity contribution in [3.8, 4) is 5.75 Å². The van der Waals surface area contributed by atoms with Crippen molar-refractivity contribution in [1.29, 1.82) is 0 Å². The summed E-state index contributed by atoms with van der Waals surface area (Å²) in [4.78, 5) is 27.3. The maximum atomic E-state index is 12.5. The molecule has 0 amide bonds. The number of benzene rings is 2. The largest absolute Gasteiger partial charge is 0.426 e. The van der Waals surface area contributed by atoms with Crippen molar-refractivity contribution in [2.45, 2.75) is 19.3 Å². The summed E-state index contributed by atoms with van der Waals surface area (Å²) in [6.07, 6.45) is 0.174. The van der Waals surface area contributed by atoms with Crippen LogP contribution in [0.5, 0.6) is 5.75 Å². The van der Waals surface area contributed by atoms with Gasteiger partial charge in [-0.05, 0) is 23.3 Å². The van der Waals surface area contributed by atoms with Crippen LogP contribution in [-0.2, 0) is 4.79 Å². The number of ether oxygens (including phenoxy) is 1. The average molecular weight is 305 g/mol. The standard InChI is InChI=1S/C19H15NO3/c1-11-9-16-18(19(22)20-11)15(10-17(21)23-16)14-8-4-6-12-5-2-3-7-13(12)14/h2-9,15H,10H2,1H3,(H,20,22)/t15-/m0/s1. The highest BCUT2D eigenvalue weighted by Crippen LogP contribution is 2.39. The Hall–Kier alpha value is -2.88. The number of pyridine rings is 1. The van der Waals surface area contributed by atoms with Gasteiger partial charge in [0, 0.05) is 17.7 Å². The third kappa shape index (κ3) is 2.23. The number of carbonyl (C=O) groups excluding carboxylic acids is 1. The van der Waals surface area contributed by atoms with Crippen LogP contribution in [0.1, 0.15) is 29.2 Å². The molecule has 0 spiro atoms. The summed E-state index contributed by atoms with van der Waals surface area (Å²) in [5, 5.41) is 2.15. The van der Waals surface area contributed by atoms with Crippen LogP contribution in [0.2, 0.25) is 0 Å². The molecule has 1 aliphatic heterocycles. The molecule has 0 fully saturated rings. The zero-order chi connectivity index (χ0) is 16.0. The first-order valence-corrected chi connectivity index (χ1v) is 7.55. The van der Waals surface area contributed by atoms with Crippen LogP contribution in [0.15, 0.2) is 53.3 Å². The minimum atomic E-state index is -0.305. The summed E-state index contributed by atoms with van der Waals surface area (Å²) in [6.45, 7) is 1.77. The summed E-state index contributed by atoms with van der Waals surface area (Å²) in [5.41, 5.74) is 2.01. The first kappa shape index (κ1) is 13.8. The van der Waals surface area contributed by atoms with Gasteiger partial charge in [-0.3, -0.25) is 9.59 Å². The zero-order valence-corrected chi connectivity index (χ0v) is 12.6. The van der Waals surface area contributed by atoms with Crippen LogP contribution < -0.4 is 10.3 Å². The third-order valence-electron chi connectivity index (χ3n) is 4.31. The van der Waals surface area contributed by atoms with Crippen molar-refractivity contribution in [2.75, 3.05) is 0 Å². The van der Waals surface area contributed by atoms with Gasteiger partial charge in [-0.2, -0.15) is 0 Å². The van der Waals surface area contributed by atoms with Crippen LogP contribution >= 0.6 is 0 Å². The Morgan fingerprint density at radius 1 is 1.09 bits per heavy atom. The Balaban J connectivity index is 2.00. The number of rotatable bonds is 1. The molecule has 4 rings (SSSR count). The first-order valence-electron chi connectivity index (χ1n) is 7.55. The summed E-state index contributed by atoms with van der Waals surface area (Å²) < 4.78 is 5.30. The molecule has 2 aromatic carbocycles. The second-order valence-corrected chi connectivity index (χ2v) is 5.86. The molecule has 0 radical (unpaired) electrons. The third-order valence-corrected chi connectivity index (χ3v) is 4.31. The molecule has 0 aliphatic carbocycles. The van der Waals surface area contributed by atoms with E-state index in [-0.39, 0.29) is 23.9 Å². The Morgan fingerprint density at radius 3 is 2.74 bits per heavy atom. The van der Waals surface area contributed by atoms with E-state index in [0.717, 1.165) is 16.3 Å². The smallest absolute Gasteiger partial charge is 0.312 e. The van der Waals surface area contributed by atoms with E-state index in [1.54, 1.807) is 13.0 Å². The maximum absolute atomic E-state index is 12.5. The first-order chi connectivity index (χ1) is 11.1. The topological polar surface area (TPSA) is 59.2 Å². The van der Waals surface area contributed by atoms with Gasteiger partial charge in [0.05, 0.1) is 12.0 Å². The molecule has 114 valence electrons. The summed E-state index contributed by atoms with van der Waals surface area (Å²) >= 11 is 0. The molecule has 0 saturated heterocycles. The molecule has 0 unspecified atom stereocenters. The molecule has 2 heterocycles. The number of hydrogen-bond donors (Lipinski definition) is 1. The fraction of sp³-hybridized carbons (Fsp3) is 0.158. The average Bonchev–Trinajstić information content (AvgIpc) is 2.52. The van der Waals surface area contributed by atoms with Crippen molar-refractivity contribution in [1.82, 2.24) is 4.98 Å². The summed E-state index contributed by atoms with van der Waals surface area (Å²) in [6, 6.07) is 15.7. The lowest BCUT2D eigenvalue weighted by molar-refractivity contribution is -0.135. The van der Waals surface area contributed by atoms with E-state index >= 15 is 0 Å². The number of hydrogen-bond acceptors (Lipinski definition) is 3. The highest BCUT2D eigenvalue weighted by molar-refractivity contribution is 5.88. The van der Waals surface area contributed by atoms with E-state index in [1.807, 2.05) is 42.5 Å². The quantitative estimate of drug-likeness (QED) is 0.702. The number of nitrogens with one attached hydrogen (secondary N) is 1. The number of esters is 1. The highest BCUT2D eigenvalue weighted by atomic mass is 16.5. The number of H-pyrrole nitrogens is 1. The summed E-state index contributed by atoms with van der Waals surface area (Å²) in [7, 11) is 0. The minimum absolute atomic E-state index is 0.174. The molecular weight excluding hydrogens is 290 g/mol. The van der Waals surface area contributed by atoms with Gasteiger partial charge in [0.15, 0.2) is 0 Å². The monoisotopic (exact) mass is 305 g/mol. The minimum Gasteiger partial charge on any atom is -0.426 e. The van der Waals surface area contributed by atoms with Gasteiger partial charge >= 0.3 is 5.97 Å². The Morgan fingerprint density at radius 2 is 1.87 bits per heavy atom. The van der Waals surface area contributed by atoms with Crippen LogP contribution in [0, 0.1) is 6.92 Å². The zero-order valence-electron chi connectivity index (χ0n) is 12.6. The molecule has 1 atom stereocenters. The van der Waals surface area contributed by atoms with E-state index in [4.69, 9.17) is 4.74 Å². The van der Waals surface area contributed by atoms with Crippen molar-refractivity contribution < 1.29 is 9.53 Å². The fourth-order valence-electron chi connectivity index (χ4n) is 3.34. The van der Waals surface area contributed by atoms with Crippen molar-refractivity contribution >= 4 is 16.7 Å². The van der Waals surface area contributed by atoms with E-state index < -0.39 is 0 Å². The SMILES string of the molecule is Cc1cc2c(c(=O)[nH]1)[C@H](c1cccc3ccccc13)CC(=O)O2. The van der Waals surface area contributed by atoms with Crippen LogP contribution in [0.4, 0.5) is 0 Å². The Bertz CT molecular complexity index is 982. The molecule has 1 N–H and O–H groups in total.